The SMILES string of the molecule is C=C1/C=C\C=C/CC2(c3ccc(N(c4ccc(-c5ccccc5)cc4)c4cccc5c4oc4ccccc45)cc3-c3ccccc31)c1ccccc1-c1cc3sc4ccccc4c3cc12. The highest BCUT2D eigenvalue weighted by atomic mass is 32.1. The van der Waals surface area contributed by atoms with Gasteiger partial charge in [-0.15, -0.1) is 11.3 Å². The smallest absolute Gasteiger partial charge is 0.159 e. The lowest BCUT2D eigenvalue weighted by Gasteiger charge is -2.35. The maximum Gasteiger partial charge on any atom is 0.159 e. The third-order valence-electron chi connectivity index (χ3n) is 13.8. The van der Waals surface area contributed by atoms with Crippen LogP contribution in [0.3, 0.4) is 0 Å². The van der Waals surface area contributed by atoms with E-state index >= 15 is 0 Å². The Morgan fingerprint density at radius 3 is 2.02 bits per heavy atom. The molecule has 1 spiro atoms. The molecule has 2 heterocycles. The molecular formula is C62H41NOS. The fraction of sp³-hybridized carbons (Fsp3) is 0.0323. The Balaban J connectivity index is 1.12. The highest BCUT2D eigenvalue weighted by Crippen LogP contribution is 2.59. The van der Waals surface area contributed by atoms with Gasteiger partial charge in [-0.05, 0) is 122 Å². The number of hydrogen-bond acceptors (Lipinski definition) is 3. The van der Waals surface area contributed by atoms with Gasteiger partial charge in [0.2, 0.25) is 0 Å². The summed E-state index contributed by atoms with van der Waals surface area (Å²) in [6.07, 6.45) is 9.65. The first-order chi connectivity index (χ1) is 32.1. The van der Waals surface area contributed by atoms with Gasteiger partial charge in [0.25, 0.3) is 0 Å². The Morgan fingerprint density at radius 2 is 1.14 bits per heavy atom. The molecule has 0 aliphatic heterocycles. The van der Waals surface area contributed by atoms with Crippen molar-refractivity contribution in [3.05, 3.63) is 253 Å². The van der Waals surface area contributed by atoms with Crippen LogP contribution >= 0.6 is 11.3 Å². The van der Waals surface area contributed by atoms with E-state index in [4.69, 9.17) is 4.42 Å². The van der Waals surface area contributed by atoms with Crippen molar-refractivity contribution in [2.75, 3.05) is 4.90 Å². The zero-order valence-corrected chi connectivity index (χ0v) is 36.4. The van der Waals surface area contributed by atoms with Crippen molar-refractivity contribution in [3.8, 4) is 33.4 Å². The first-order valence-corrected chi connectivity index (χ1v) is 23.1. The standard InChI is InChI=1S/C62H41NOS/c1-40-17-4-3-15-36-62(54-26-12-9-22-47(54)52-39-60-53(38-56(52)62)49-24-11-14-29-59(49)65-60)55-35-34-44(37-51(55)46-21-8-7-20-45(40)46)63(43-32-30-42(31-33-43)41-18-5-2-6-19-41)57-27-16-25-50-48-23-10-13-28-58(48)64-61(50)57/h2-35,37-39H,1,36H2/b15-3-,17-4-. The molecule has 0 bridgehead atoms. The maximum absolute atomic E-state index is 6.81. The molecule has 2 aliphatic rings. The number of thiophene rings is 1. The van der Waals surface area contributed by atoms with Crippen LogP contribution in [0.5, 0.6) is 0 Å². The van der Waals surface area contributed by atoms with Crippen molar-refractivity contribution < 1.29 is 4.42 Å². The molecule has 306 valence electrons. The number of allylic oxidation sites excluding steroid dienone is 5. The summed E-state index contributed by atoms with van der Waals surface area (Å²) in [7, 11) is 0. The fourth-order valence-electron chi connectivity index (χ4n) is 10.8. The Hall–Kier alpha value is -7.98. The molecule has 3 heteroatoms. The summed E-state index contributed by atoms with van der Waals surface area (Å²) in [5.74, 6) is 0. The predicted molar refractivity (Wildman–Crippen MR) is 276 cm³/mol. The topological polar surface area (TPSA) is 16.4 Å². The van der Waals surface area contributed by atoms with Crippen LogP contribution in [0.4, 0.5) is 17.1 Å². The van der Waals surface area contributed by atoms with Crippen LogP contribution in [0.1, 0.15) is 28.7 Å². The first-order valence-electron chi connectivity index (χ1n) is 22.3. The summed E-state index contributed by atoms with van der Waals surface area (Å²) in [6.45, 7) is 4.65. The van der Waals surface area contributed by atoms with Crippen LogP contribution in [-0.4, -0.2) is 0 Å². The molecule has 0 N–H and O–H groups in total. The van der Waals surface area contributed by atoms with Crippen LogP contribution in [-0.2, 0) is 5.41 Å². The summed E-state index contributed by atoms with van der Waals surface area (Å²) in [5, 5.41) is 4.81. The number of benzene rings is 9. The summed E-state index contributed by atoms with van der Waals surface area (Å²) in [4.78, 5) is 2.38. The van der Waals surface area contributed by atoms with E-state index in [1.165, 1.54) is 64.7 Å². The van der Waals surface area contributed by atoms with E-state index in [2.05, 4.69) is 230 Å². The highest BCUT2D eigenvalue weighted by Gasteiger charge is 2.46. The van der Waals surface area contributed by atoms with Gasteiger partial charge in [0.05, 0.1) is 11.1 Å². The molecule has 0 radical (unpaired) electrons. The number of rotatable bonds is 4. The van der Waals surface area contributed by atoms with E-state index in [9.17, 15) is 0 Å². The lowest BCUT2D eigenvalue weighted by atomic mass is 9.67. The third kappa shape index (κ3) is 5.79. The molecule has 0 amide bonds. The molecule has 11 aromatic rings. The molecule has 1 unspecified atom stereocenters. The van der Waals surface area contributed by atoms with Crippen LogP contribution < -0.4 is 4.90 Å². The lowest BCUT2D eigenvalue weighted by Crippen LogP contribution is -2.27. The van der Waals surface area contributed by atoms with Crippen molar-refractivity contribution >= 4 is 76.1 Å². The van der Waals surface area contributed by atoms with Gasteiger partial charge in [-0.2, -0.15) is 0 Å². The van der Waals surface area contributed by atoms with Gasteiger partial charge < -0.3 is 9.32 Å². The van der Waals surface area contributed by atoms with Gasteiger partial charge in [-0.3, -0.25) is 0 Å². The molecule has 2 aromatic heterocycles. The minimum atomic E-state index is -0.513. The quantitative estimate of drug-likeness (QED) is 0.175. The molecule has 9 aromatic carbocycles. The minimum Gasteiger partial charge on any atom is -0.454 e. The van der Waals surface area contributed by atoms with Crippen LogP contribution in [0.25, 0.3) is 81.1 Å². The van der Waals surface area contributed by atoms with E-state index in [0.29, 0.717) is 0 Å². The molecular weight excluding hydrogens is 807 g/mol. The van der Waals surface area contributed by atoms with E-state index in [1.807, 2.05) is 17.4 Å². The van der Waals surface area contributed by atoms with Gasteiger partial charge in [-0.1, -0.05) is 176 Å². The Morgan fingerprint density at radius 1 is 0.462 bits per heavy atom. The predicted octanol–water partition coefficient (Wildman–Crippen LogP) is 17.6. The molecule has 65 heavy (non-hydrogen) atoms. The minimum absolute atomic E-state index is 0.513. The molecule has 0 saturated heterocycles. The normalized spacial score (nSPS) is 16.3. The molecule has 1 atom stereocenters. The van der Waals surface area contributed by atoms with Gasteiger partial charge in [0, 0.05) is 42.3 Å². The molecule has 0 fully saturated rings. The summed E-state index contributed by atoms with van der Waals surface area (Å²) in [6, 6.07) is 73.4. The number of nitrogens with zero attached hydrogens (tertiary/aromatic N) is 1. The van der Waals surface area contributed by atoms with Crippen molar-refractivity contribution in [2.45, 2.75) is 11.8 Å². The van der Waals surface area contributed by atoms with Crippen molar-refractivity contribution in [2.24, 2.45) is 0 Å². The molecule has 2 aliphatic carbocycles. The molecule has 0 saturated carbocycles. The molecule has 2 nitrogen and oxygen atoms in total. The molecule has 13 rings (SSSR count). The first kappa shape index (κ1) is 37.6. The Labute approximate surface area is 382 Å². The summed E-state index contributed by atoms with van der Waals surface area (Å²) >= 11 is 1.89. The zero-order chi connectivity index (χ0) is 43.1. The third-order valence-corrected chi connectivity index (χ3v) is 14.9. The fourth-order valence-corrected chi connectivity index (χ4v) is 11.9. The van der Waals surface area contributed by atoms with Crippen molar-refractivity contribution in [3.63, 3.8) is 0 Å². The maximum atomic E-state index is 6.81. The number of para-hydroxylation sites is 2. The van der Waals surface area contributed by atoms with Gasteiger partial charge in [-0.25, -0.2) is 0 Å². The van der Waals surface area contributed by atoms with E-state index < -0.39 is 5.41 Å². The average molecular weight is 848 g/mol. The number of anilines is 3. The highest BCUT2D eigenvalue weighted by molar-refractivity contribution is 7.25. The lowest BCUT2D eigenvalue weighted by molar-refractivity contribution is 0.647. The van der Waals surface area contributed by atoms with Crippen LogP contribution in [0.15, 0.2) is 235 Å². The van der Waals surface area contributed by atoms with Gasteiger partial charge >= 0.3 is 0 Å². The Bertz CT molecular complexity index is 3770. The van der Waals surface area contributed by atoms with E-state index in [-0.39, 0.29) is 0 Å². The van der Waals surface area contributed by atoms with Gasteiger partial charge in [0.15, 0.2) is 5.58 Å². The monoisotopic (exact) mass is 847 g/mol. The average Bonchev–Trinajstić information content (AvgIpc) is 4.01. The van der Waals surface area contributed by atoms with Crippen LogP contribution in [0.2, 0.25) is 0 Å². The Kier molecular flexibility index (Phi) is 8.56. The van der Waals surface area contributed by atoms with E-state index in [0.717, 1.165) is 62.1 Å². The van der Waals surface area contributed by atoms with E-state index in [1.54, 1.807) is 0 Å². The second-order valence-electron chi connectivity index (χ2n) is 17.2. The zero-order valence-electron chi connectivity index (χ0n) is 35.5. The van der Waals surface area contributed by atoms with Crippen molar-refractivity contribution in [1.82, 2.24) is 0 Å². The largest absolute Gasteiger partial charge is 0.454 e. The number of fused-ring (bicyclic) bond motifs is 15. The second-order valence-corrected chi connectivity index (χ2v) is 18.3. The van der Waals surface area contributed by atoms with Crippen LogP contribution in [0, 0.1) is 0 Å². The van der Waals surface area contributed by atoms with Crippen molar-refractivity contribution in [1.29, 1.82) is 0 Å². The van der Waals surface area contributed by atoms with Gasteiger partial charge in [0.1, 0.15) is 5.58 Å². The number of furan rings is 1. The summed E-state index contributed by atoms with van der Waals surface area (Å²) < 4.78 is 9.44. The number of hydrogen-bond donors (Lipinski definition) is 0. The second kappa shape index (κ2) is 14.8. The summed E-state index contributed by atoms with van der Waals surface area (Å²) in [5.41, 5.74) is 17.5.